The molecule has 0 radical (unpaired) electrons. The number of hydrogen-bond donors (Lipinski definition) is 2. The lowest BCUT2D eigenvalue weighted by molar-refractivity contribution is 0.117. The van der Waals surface area contributed by atoms with Crippen LogP contribution >= 0.6 is 11.3 Å². The van der Waals surface area contributed by atoms with Crippen LogP contribution in [-0.2, 0) is 11.2 Å². The fourth-order valence-electron chi connectivity index (χ4n) is 2.29. The number of ether oxygens (including phenoxy) is 1. The van der Waals surface area contributed by atoms with Crippen molar-refractivity contribution < 1.29 is 4.74 Å². The third-order valence-corrected chi connectivity index (χ3v) is 4.37. The lowest BCUT2D eigenvalue weighted by Gasteiger charge is -2.12. The van der Waals surface area contributed by atoms with Crippen LogP contribution in [-0.4, -0.2) is 43.3 Å². The molecule has 0 aromatic carbocycles. The first-order chi connectivity index (χ1) is 10.3. The number of aryl methyl sites for hydroxylation is 2. The molecule has 0 spiro atoms. The Labute approximate surface area is 131 Å². The van der Waals surface area contributed by atoms with Crippen LogP contribution in [0, 0.1) is 6.92 Å². The summed E-state index contributed by atoms with van der Waals surface area (Å²) in [4.78, 5) is 9.08. The van der Waals surface area contributed by atoms with Gasteiger partial charge in [0.15, 0.2) is 5.96 Å². The van der Waals surface area contributed by atoms with Crippen molar-refractivity contribution in [2.45, 2.75) is 45.6 Å². The van der Waals surface area contributed by atoms with Crippen molar-refractivity contribution in [3.05, 3.63) is 16.1 Å². The maximum Gasteiger partial charge on any atom is 0.191 e. The number of nitrogens with zero attached hydrogens (tertiary/aromatic N) is 2. The van der Waals surface area contributed by atoms with Gasteiger partial charge in [-0.1, -0.05) is 0 Å². The molecule has 21 heavy (non-hydrogen) atoms. The zero-order chi connectivity index (χ0) is 14.9. The summed E-state index contributed by atoms with van der Waals surface area (Å²) in [5.41, 5.74) is 1.12. The van der Waals surface area contributed by atoms with Gasteiger partial charge in [0.2, 0.25) is 0 Å². The molecule has 1 aliphatic rings. The van der Waals surface area contributed by atoms with E-state index < -0.39 is 0 Å². The first-order valence-electron chi connectivity index (χ1n) is 7.82. The van der Waals surface area contributed by atoms with Gasteiger partial charge in [-0.2, -0.15) is 0 Å². The van der Waals surface area contributed by atoms with Crippen molar-refractivity contribution in [3.63, 3.8) is 0 Å². The van der Waals surface area contributed by atoms with Crippen LogP contribution in [0.25, 0.3) is 0 Å². The minimum atomic E-state index is 0.304. The van der Waals surface area contributed by atoms with Crippen LogP contribution in [0.15, 0.2) is 10.4 Å². The van der Waals surface area contributed by atoms with E-state index in [2.05, 4.69) is 32.9 Å². The molecule has 1 aromatic heterocycles. The molecular formula is C15H26N4OS. The minimum absolute atomic E-state index is 0.304. The van der Waals surface area contributed by atoms with Gasteiger partial charge < -0.3 is 15.4 Å². The molecule has 0 aliphatic carbocycles. The van der Waals surface area contributed by atoms with Crippen LogP contribution in [0.2, 0.25) is 0 Å². The Morgan fingerprint density at radius 3 is 3.10 bits per heavy atom. The van der Waals surface area contributed by atoms with Crippen molar-refractivity contribution in [1.29, 1.82) is 0 Å². The Morgan fingerprint density at radius 1 is 1.52 bits per heavy atom. The summed E-state index contributed by atoms with van der Waals surface area (Å²) in [6.07, 6.45) is 4.69. The lowest BCUT2D eigenvalue weighted by Crippen LogP contribution is -2.38. The van der Waals surface area contributed by atoms with Crippen molar-refractivity contribution in [2.24, 2.45) is 4.99 Å². The van der Waals surface area contributed by atoms with Crippen molar-refractivity contribution in [2.75, 3.05) is 26.2 Å². The molecule has 5 nitrogen and oxygen atoms in total. The van der Waals surface area contributed by atoms with Crippen molar-refractivity contribution >= 4 is 17.3 Å². The molecule has 2 rings (SSSR count). The molecule has 1 unspecified atom stereocenters. The van der Waals surface area contributed by atoms with Gasteiger partial charge >= 0.3 is 0 Å². The summed E-state index contributed by atoms with van der Waals surface area (Å²) < 4.78 is 5.60. The Kier molecular flexibility index (Phi) is 6.95. The van der Waals surface area contributed by atoms with Gasteiger partial charge in [-0.15, -0.1) is 11.3 Å². The smallest absolute Gasteiger partial charge is 0.191 e. The highest BCUT2D eigenvalue weighted by molar-refractivity contribution is 7.09. The molecule has 0 saturated carbocycles. The molecular weight excluding hydrogens is 284 g/mol. The highest BCUT2D eigenvalue weighted by atomic mass is 32.1. The molecule has 1 aromatic rings. The van der Waals surface area contributed by atoms with Gasteiger partial charge in [0.1, 0.15) is 0 Å². The molecule has 0 amide bonds. The van der Waals surface area contributed by atoms with Crippen LogP contribution in [0.5, 0.6) is 0 Å². The molecule has 118 valence electrons. The maximum absolute atomic E-state index is 5.60. The fraction of sp³-hybridized carbons (Fsp3) is 0.733. The summed E-state index contributed by atoms with van der Waals surface area (Å²) in [5, 5.41) is 9.99. The number of hydrogen-bond acceptors (Lipinski definition) is 4. The standard InChI is InChI=1S/C15H26N4OS/c1-3-16-15(18-10-13-6-5-9-20-13)17-8-4-7-14-19-12(2)11-21-14/h11,13H,3-10H2,1-2H3,(H2,16,17,18). The molecule has 1 atom stereocenters. The second-order valence-corrected chi connectivity index (χ2v) is 6.21. The first kappa shape index (κ1) is 16.2. The van der Waals surface area contributed by atoms with E-state index in [-0.39, 0.29) is 0 Å². The zero-order valence-corrected chi connectivity index (χ0v) is 13.8. The number of guanidine groups is 1. The predicted molar refractivity (Wildman–Crippen MR) is 88.1 cm³/mol. The van der Waals surface area contributed by atoms with Gasteiger partial charge in [0.25, 0.3) is 0 Å². The van der Waals surface area contributed by atoms with Crippen LogP contribution in [0.3, 0.4) is 0 Å². The van der Waals surface area contributed by atoms with E-state index in [0.717, 1.165) is 63.6 Å². The number of thiazole rings is 1. The number of rotatable bonds is 7. The van der Waals surface area contributed by atoms with E-state index in [1.54, 1.807) is 11.3 Å². The summed E-state index contributed by atoms with van der Waals surface area (Å²) >= 11 is 1.74. The largest absolute Gasteiger partial charge is 0.376 e. The maximum atomic E-state index is 5.60. The molecule has 0 bridgehead atoms. The summed E-state index contributed by atoms with van der Waals surface area (Å²) in [7, 11) is 0. The Balaban J connectivity index is 1.67. The Bertz CT molecular complexity index is 441. The van der Waals surface area contributed by atoms with Gasteiger partial charge in [-0.05, 0) is 33.1 Å². The van der Waals surface area contributed by atoms with Gasteiger partial charge in [-0.3, -0.25) is 4.99 Å². The van der Waals surface area contributed by atoms with E-state index in [4.69, 9.17) is 4.74 Å². The van der Waals surface area contributed by atoms with E-state index in [1.807, 2.05) is 6.92 Å². The van der Waals surface area contributed by atoms with Crippen molar-refractivity contribution in [3.8, 4) is 0 Å². The predicted octanol–water partition coefficient (Wildman–Crippen LogP) is 2.12. The summed E-state index contributed by atoms with van der Waals surface area (Å²) in [6.45, 7) is 7.55. The second-order valence-electron chi connectivity index (χ2n) is 5.27. The average Bonchev–Trinajstić information content (AvgIpc) is 3.12. The number of aromatic nitrogens is 1. The normalized spacial score (nSPS) is 19.0. The third kappa shape index (κ3) is 6.01. The lowest BCUT2D eigenvalue weighted by atomic mass is 10.2. The molecule has 1 saturated heterocycles. The quantitative estimate of drug-likeness (QED) is 0.460. The SMILES string of the molecule is CCNC(=NCC1CCCO1)NCCCc1nc(C)cs1. The Morgan fingerprint density at radius 2 is 2.43 bits per heavy atom. The fourth-order valence-corrected chi connectivity index (χ4v) is 3.11. The van der Waals surface area contributed by atoms with Crippen LogP contribution < -0.4 is 10.6 Å². The number of nitrogens with one attached hydrogen (secondary N) is 2. The van der Waals surface area contributed by atoms with Crippen LogP contribution in [0.4, 0.5) is 0 Å². The highest BCUT2D eigenvalue weighted by Gasteiger charge is 2.14. The molecule has 1 fully saturated rings. The minimum Gasteiger partial charge on any atom is -0.376 e. The van der Waals surface area contributed by atoms with E-state index in [1.165, 1.54) is 5.01 Å². The van der Waals surface area contributed by atoms with E-state index in [9.17, 15) is 0 Å². The van der Waals surface area contributed by atoms with E-state index >= 15 is 0 Å². The summed E-state index contributed by atoms with van der Waals surface area (Å²) in [6, 6.07) is 0. The van der Waals surface area contributed by atoms with Crippen molar-refractivity contribution in [1.82, 2.24) is 15.6 Å². The molecule has 2 heterocycles. The highest BCUT2D eigenvalue weighted by Crippen LogP contribution is 2.12. The topological polar surface area (TPSA) is 58.5 Å². The average molecular weight is 310 g/mol. The van der Waals surface area contributed by atoms with Gasteiger partial charge in [0.05, 0.1) is 17.7 Å². The second kappa shape index (κ2) is 9.00. The zero-order valence-electron chi connectivity index (χ0n) is 13.0. The number of aliphatic imine (C=N–C) groups is 1. The Hall–Kier alpha value is -1.14. The summed E-state index contributed by atoms with van der Waals surface area (Å²) in [5.74, 6) is 0.892. The van der Waals surface area contributed by atoms with Gasteiger partial charge in [-0.25, -0.2) is 4.98 Å². The molecule has 6 heteroatoms. The van der Waals surface area contributed by atoms with E-state index in [0.29, 0.717) is 6.10 Å². The van der Waals surface area contributed by atoms with Crippen LogP contribution in [0.1, 0.15) is 36.9 Å². The monoisotopic (exact) mass is 310 g/mol. The third-order valence-electron chi connectivity index (χ3n) is 3.35. The molecule has 2 N–H and O–H groups in total. The molecule has 1 aliphatic heterocycles. The van der Waals surface area contributed by atoms with Gasteiger partial charge in [0, 0.05) is 37.2 Å². The first-order valence-corrected chi connectivity index (χ1v) is 8.70.